The van der Waals surface area contributed by atoms with Crippen LogP contribution in [0.4, 0.5) is 11.4 Å². The molecule has 34 heavy (non-hydrogen) atoms. The maximum absolute atomic E-state index is 12.5. The Morgan fingerprint density at radius 1 is 1.00 bits per heavy atom. The maximum atomic E-state index is 12.5. The highest BCUT2D eigenvalue weighted by atomic mass is 35.5. The van der Waals surface area contributed by atoms with Crippen molar-refractivity contribution in [2.45, 2.75) is 18.6 Å². The third-order valence-corrected chi connectivity index (χ3v) is 6.07. The summed E-state index contributed by atoms with van der Waals surface area (Å²) in [5, 5.41) is 16.1. The molecule has 0 unspecified atom stereocenters. The van der Waals surface area contributed by atoms with Gasteiger partial charge in [-0.3, -0.25) is 9.36 Å². The minimum absolute atomic E-state index is 0.169. The van der Waals surface area contributed by atoms with E-state index in [1.54, 1.807) is 12.1 Å². The van der Waals surface area contributed by atoms with Gasteiger partial charge in [0.15, 0.2) is 11.0 Å². The Morgan fingerprint density at radius 2 is 1.74 bits per heavy atom. The molecule has 0 bridgehead atoms. The van der Waals surface area contributed by atoms with Crippen LogP contribution >= 0.6 is 23.4 Å². The van der Waals surface area contributed by atoms with Crippen LogP contribution in [0, 0.1) is 0 Å². The number of aromatic nitrogens is 3. The number of hydrogen-bond acceptors (Lipinski definition) is 6. The number of ether oxygens (including phenoxy) is 1. The normalized spacial score (nSPS) is 10.6. The Kier molecular flexibility index (Phi) is 8.06. The number of para-hydroxylation sites is 2. The summed E-state index contributed by atoms with van der Waals surface area (Å²) in [5.74, 6) is 1.56. The van der Waals surface area contributed by atoms with Crippen molar-refractivity contribution in [1.29, 1.82) is 0 Å². The quantitative estimate of drug-likeness (QED) is 0.277. The van der Waals surface area contributed by atoms with E-state index >= 15 is 0 Å². The molecule has 7 nitrogen and oxygen atoms in total. The second-order valence-corrected chi connectivity index (χ2v) is 8.55. The lowest BCUT2D eigenvalue weighted by Gasteiger charge is -2.12. The Hall–Kier alpha value is -3.49. The van der Waals surface area contributed by atoms with Crippen molar-refractivity contribution in [3.63, 3.8) is 0 Å². The van der Waals surface area contributed by atoms with E-state index in [0.29, 0.717) is 29.0 Å². The third kappa shape index (κ3) is 6.09. The molecule has 0 radical (unpaired) electrons. The van der Waals surface area contributed by atoms with Crippen molar-refractivity contribution in [3.8, 4) is 11.4 Å². The average Bonchev–Trinajstić information content (AvgIpc) is 3.27. The predicted octanol–water partition coefficient (Wildman–Crippen LogP) is 5.66. The van der Waals surface area contributed by atoms with Gasteiger partial charge in [0.1, 0.15) is 5.75 Å². The largest absolute Gasteiger partial charge is 0.494 e. The van der Waals surface area contributed by atoms with Crippen LogP contribution in [0.1, 0.15) is 12.7 Å². The number of anilines is 2. The van der Waals surface area contributed by atoms with Gasteiger partial charge in [0.05, 0.1) is 29.6 Å². The van der Waals surface area contributed by atoms with Crippen LogP contribution < -0.4 is 15.4 Å². The topological polar surface area (TPSA) is 81.1 Å². The van der Waals surface area contributed by atoms with Gasteiger partial charge in [-0.25, -0.2) is 0 Å². The molecule has 0 aliphatic carbocycles. The molecule has 0 spiro atoms. The smallest absolute Gasteiger partial charge is 0.234 e. The summed E-state index contributed by atoms with van der Waals surface area (Å²) in [6.45, 7) is 3.05. The zero-order valence-electron chi connectivity index (χ0n) is 18.6. The number of hydrogen-bond donors (Lipinski definition) is 2. The van der Waals surface area contributed by atoms with Crippen LogP contribution in [0.2, 0.25) is 5.02 Å². The first-order valence-corrected chi connectivity index (χ1v) is 12.1. The molecule has 2 N–H and O–H groups in total. The molecule has 0 saturated carbocycles. The van der Waals surface area contributed by atoms with E-state index in [1.165, 1.54) is 11.8 Å². The lowest BCUT2D eigenvalue weighted by Crippen LogP contribution is -2.15. The van der Waals surface area contributed by atoms with E-state index < -0.39 is 0 Å². The third-order valence-electron chi connectivity index (χ3n) is 4.81. The van der Waals surface area contributed by atoms with Crippen molar-refractivity contribution in [1.82, 2.24) is 14.8 Å². The van der Waals surface area contributed by atoms with Gasteiger partial charge in [-0.05, 0) is 55.5 Å². The number of benzene rings is 3. The van der Waals surface area contributed by atoms with E-state index in [0.717, 1.165) is 22.9 Å². The monoisotopic (exact) mass is 493 g/mol. The van der Waals surface area contributed by atoms with E-state index in [4.69, 9.17) is 16.3 Å². The highest BCUT2D eigenvalue weighted by molar-refractivity contribution is 7.99. The summed E-state index contributed by atoms with van der Waals surface area (Å²) in [6, 6.07) is 24.7. The fourth-order valence-electron chi connectivity index (χ4n) is 3.24. The van der Waals surface area contributed by atoms with Crippen LogP contribution in [0.25, 0.3) is 5.69 Å². The van der Waals surface area contributed by atoms with Crippen molar-refractivity contribution in [2.24, 2.45) is 0 Å². The molecule has 0 aliphatic heterocycles. The van der Waals surface area contributed by atoms with Gasteiger partial charge in [-0.1, -0.05) is 53.7 Å². The fourth-order valence-corrected chi connectivity index (χ4v) is 4.19. The van der Waals surface area contributed by atoms with Gasteiger partial charge in [0.25, 0.3) is 0 Å². The fraction of sp³-hybridized carbons (Fsp3) is 0.160. The molecule has 1 aromatic heterocycles. The summed E-state index contributed by atoms with van der Waals surface area (Å²) in [6.07, 6.45) is 0. The minimum Gasteiger partial charge on any atom is -0.494 e. The lowest BCUT2D eigenvalue weighted by atomic mass is 10.3. The highest BCUT2D eigenvalue weighted by Gasteiger charge is 2.16. The van der Waals surface area contributed by atoms with Crippen molar-refractivity contribution in [2.75, 3.05) is 23.0 Å². The maximum Gasteiger partial charge on any atom is 0.234 e. The molecule has 4 rings (SSSR count). The Labute approximate surface area is 207 Å². The molecular weight excluding hydrogens is 470 g/mol. The van der Waals surface area contributed by atoms with Crippen LogP contribution in [-0.4, -0.2) is 33.0 Å². The molecule has 0 atom stereocenters. The van der Waals surface area contributed by atoms with E-state index in [9.17, 15) is 4.79 Å². The number of nitrogens with one attached hydrogen (secondary N) is 2. The summed E-state index contributed by atoms with van der Waals surface area (Å²) in [5.41, 5.74) is 2.45. The van der Waals surface area contributed by atoms with Crippen LogP contribution in [0.3, 0.4) is 0 Å². The minimum atomic E-state index is -0.172. The molecular formula is C25H24ClN5O2S. The van der Waals surface area contributed by atoms with Crippen molar-refractivity contribution < 1.29 is 9.53 Å². The molecule has 1 heterocycles. The zero-order valence-corrected chi connectivity index (χ0v) is 20.1. The Balaban J connectivity index is 1.47. The van der Waals surface area contributed by atoms with Gasteiger partial charge in [0, 0.05) is 11.4 Å². The number of nitrogens with zero attached hydrogens (tertiary/aromatic N) is 3. The first-order valence-electron chi connectivity index (χ1n) is 10.8. The van der Waals surface area contributed by atoms with E-state index in [1.807, 2.05) is 78.2 Å². The molecule has 0 saturated heterocycles. The number of rotatable bonds is 10. The number of carbonyl (C=O) groups excluding carboxylic acids is 1. The first-order chi connectivity index (χ1) is 16.6. The van der Waals surface area contributed by atoms with E-state index in [-0.39, 0.29) is 11.7 Å². The van der Waals surface area contributed by atoms with Gasteiger partial charge in [-0.15, -0.1) is 10.2 Å². The molecule has 3 aromatic carbocycles. The zero-order chi connectivity index (χ0) is 23.8. The van der Waals surface area contributed by atoms with Gasteiger partial charge in [-0.2, -0.15) is 0 Å². The SMILES string of the molecule is CCOc1ccc(NCc2nnc(SCC(=O)Nc3ccccc3Cl)n2-c2ccccc2)cc1. The number of halogens is 1. The Morgan fingerprint density at radius 3 is 2.47 bits per heavy atom. The van der Waals surface area contributed by atoms with Crippen molar-refractivity contribution >= 4 is 40.6 Å². The molecule has 1 amide bonds. The van der Waals surface area contributed by atoms with Crippen LogP contribution in [0.15, 0.2) is 84.0 Å². The molecule has 0 fully saturated rings. The van der Waals surface area contributed by atoms with Crippen LogP contribution in [-0.2, 0) is 11.3 Å². The summed E-state index contributed by atoms with van der Waals surface area (Å²) in [4.78, 5) is 12.5. The Bertz CT molecular complexity index is 1230. The molecule has 174 valence electrons. The van der Waals surface area contributed by atoms with Gasteiger partial charge in [0.2, 0.25) is 5.91 Å². The first kappa shape index (κ1) is 23.7. The van der Waals surface area contributed by atoms with Crippen LogP contribution in [0.5, 0.6) is 5.75 Å². The van der Waals surface area contributed by atoms with E-state index in [2.05, 4.69) is 20.8 Å². The molecule has 4 aromatic rings. The van der Waals surface area contributed by atoms with Gasteiger partial charge < -0.3 is 15.4 Å². The molecule has 9 heteroatoms. The summed E-state index contributed by atoms with van der Waals surface area (Å²) < 4.78 is 7.45. The molecule has 0 aliphatic rings. The average molecular weight is 494 g/mol. The lowest BCUT2D eigenvalue weighted by molar-refractivity contribution is -0.113. The standard InChI is InChI=1S/C25H24ClN5O2S/c1-2-33-20-14-12-18(13-15-20)27-16-23-29-30-25(31(23)19-8-4-3-5-9-19)34-17-24(32)28-22-11-7-6-10-21(22)26/h3-15,27H,2,16-17H2,1H3,(H,28,32). The van der Waals surface area contributed by atoms with Crippen molar-refractivity contribution in [3.05, 3.63) is 89.7 Å². The van der Waals surface area contributed by atoms with Gasteiger partial charge >= 0.3 is 0 Å². The summed E-state index contributed by atoms with van der Waals surface area (Å²) >= 11 is 7.46. The highest BCUT2D eigenvalue weighted by Crippen LogP contribution is 2.25. The summed E-state index contributed by atoms with van der Waals surface area (Å²) in [7, 11) is 0. The second-order valence-electron chi connectivity index (χ2n) is 7.20. The number of carbonyl (C=O) groups is 1. The number of thioether (sulfide) groups is 1. The number of amides is 1. The predicted molar refractivity (Wildman–Crippen MR) is 137 cm³/mol. The second kappa shape index (κ2) is 11.6.